The molecule has 3 nitrogen and oxygen atoms in total. The largest absolute Gasteiger partial charge is 0.398 e. The Morgan fingerprint density at radius 1 is 1.41 bits per heavy atom. The highest BCUT2D eigenvalue weighted by molar-refractivity contribution is 9.10. The Labute approximate surface area is 112 Å². The fourth-order valence-corrected chi connectivity index (χ4v) is 2.51. The van der Waals surface area contributed by atoms with Crippen LogP contribution < -0.4 is 11.1 Å². The van der Waals surface area contributed by atoms with Crippen LogP contribution in [0.25, 0.3) is 0 Å². The summed E-state index contributed by atoms with van der Waals surface area (Å²) >= 11 is 4.93. The summed E-state index contributed by atoms with van der Waals surface area (Å²) in [6.07, 6.45) is 0. The number of hydrogen-bond acceptors (Lipinski definition) is 3. The molecule has 0 aliphatic rings. The van der Waals surface area contributed by atoms with Gasteiger partial charge in [-0.3, -0.25) is 4.79 Å². The lowest BCUT2D eigenvalue weighted by Gasteiger charge is -2.07. The zero-order chi connectivity index (χ0) is 12.3. The molecule has 1 amide bonds. The number of nitrogens with one attached hydrogen (secondary N) is 1. The average molecular weight is 311 g/mol. The van der Waals surface area contributed by atoms with Crippen molar-refractivity contribution in [3.05, 3.63) is 50.6 Å². The predicted molar refractivity (Wildman–Crippen MR) is 74.0 cm³/mol. The number of nitrogens with two attached hydrogens (primary N) is 1. The van der Waals surface area contributed by atoms with Crippen LogP contribution in [0.15, 0.2) is 39.5 Å². The first-order valence-electron chi connectivity index (χ1n) is 5.01. The highest BCUT2D eigenvalue weighted by Gasteiger charge is 2.11. The molecule has 0 aliphatic carbocycles. The van der Waals surface area contributed by atoms with Gasteiger partial charge in [-0.15, -0.1) is 0 Å². The van der Waals surface area contributed by atoms with Crippen LogP contribution in [-0.2, 0) is 6.54 Å². The SMILES string of the molecule is Nc1cccc(C(=O)NCc2ccsc2)c1Br. The molecule has 0 saturated heterocycles. The van der Waals surface area contributed by atoms with Gasteiger partial charge in [0.2, 0.25) is 0 Å². The van der Waals surface area contributed by atoms with Gasteiger partial charge in [-0.25, -0.2) is 0 Å². The number of carbonyl (C=O) groups is 1. The molecular weight excluding hydrogens is 300 g/mol. The van der Waals surface area contributed by atoms with E-state index in [1.54, 1.807) is 29.5 Å². The second-order valence-electron chi connectivity index (χ2n) is 3.52. The van der Waals surface area contributed by atoms with Crippen LogP contribution in [0, 0.1) is 0 Å². The normalized spacial score (nSPS) is 10.2. The number of anilines is 1. The Morgan fingerprint density at radius 3 is 2.94 bits per heavy atom. The van der Waals surface area contributed by atoms with Crippen molar-refractivity contribution in [3.63, 3.8) is 0 Å². The van der Waals surface area contributed by atoms with Gasteiger partial charge < -0.3 is 11.1 Å². The van der Waals surface area contributed by atoms with Crippen molar-refractivity contribution in [1.82, 2.24) is 5.32 Å². The van der Waals surface area contributed by atoms with E-state index in [1.165, 1.54) is 0 Å². The van der Waals surface area contributed by atoms with Crippen LogP contribution in [0.2, 0.25) is 0 Å². The van der Waals surface area contributed by atoms with Crippen molar-refractivity contribution in [2.24, 2.45) is 0 Å². The summed E-state index contributed by atoms with van der Waals surface area (Å²) in [6.45, 7) is 0.531. The minimum Gasteiger partial charge on any atom is -0.398 e. The number of carbonyl (C=O) groups excluding carboxylic acids is 1. The molecule has 5 heteroatoms. The van der Waals surface area contributed by atoms with E-state index in [-0.39, 0.29) is 5.91 Å². The van der Waals surface area contributed by atoms with E-state index >= 15 is 0 Å². The molecular formula is C12H11BrN2OS. The quantitative estimate of drug-likeness (QED) is 0.856. The van der Waals surface area contributed by atoms with E-state index in [9.17, 15) is 4.79 Å². The standard InChI is InChI=1S/C12H11BrN2OS/c13-11-9(2-1-3-10(11)14)12(16)15-6-8-4-5-17-7-8/h1-5,7H,6,14H2,(H,15,16). The summed E-state index contributed by atoms with van der Waals surface area (Å²) in [5.41, 5.74) is 7.94. The van der Waals surface area contributed by atoms with Crippen molar-refractivity contribution in [2.75, 3.05) is 5.73 Å². The van der Waals surface area contributed by atoms with Crippen molar-refractivity contribution in [3.8, 4) is 0 Å². The van der Waals surface area contributed by atoms with Crippen molar-refractivity contribution in [2.45, 2.75) is 6.54 Å². The molecule has 3 N–H and O–H groups in total. The van der Waals surface area contributed by atoms with Gasteiger partial charge in [0.15, 0.2) is 0 Å². The minimum atomic E-state index is -0.129. The maximum atomic E-state index is 11.9. The van der Waals surface area contributed by atoms with Crippen LogP contribution >= 0.6 is 27.3 Å². The highest BCUT2D eigenvalue weighted by atomic mass is 79.9. The molecule has 0 unspecified atom stereocenters. The summed E-state index contributed by atoms with van der Waals surface area (Å²) in [5, 5.41) is 6.84. The van der Waals surface area contributed by atoms with E-state index in [4.69, 9.17) is 5.73 Å². The number of thiophene rings is 1. The van der Waals surface area contributed by atoms with E-state index in [0.29, 0.717) is 22.3 Å². The van der Waals surface area contributed by atoms with Gasteiger partial charge in [0.1, 0.15) is 0 Å². The molecule has 88 valence electrons. The van der Waals surface area contributed by atoms with Crippen LogP contribution in [-0.4, -0.2) is 5.91 Å². The fourth-order valence-electron chi connectivity index (χ4n) is 1.40. The van der Waals surface area contributed by atoms with Gasteiger partial charge in [0.25, 0.3) is 5.91 Å². The Balaban J connectivity index is 2.07. The Bertz CT molecular complexity index is 525. The van der Waals surface area contributed by atoms with Crippen molar-refractivity contribution in [1.29, 1.82) is 0 Å². The van der Waals surface area contributed by atoms with E-state index in [0.717, 1.165) is 5.56 Å². The van der Waals surface area contributed by atoms with Gasteiger partial charge in [-0.2, -0.15) is 11.3 Å². The van der Waals surface area contributed by atoms with Gasteiger partial charge in [0.05, 0.1) is 10.0 Å². The summed E-state index contributed by atoms with van der Waals surface area (Å²) in [4.78, 5) is 11.9. The molecule has 17 heavy (non-hydrogen) atoms. The summed E-state index contributed by atoms with van der Waals surface area (Å²) < 4.78 is 0.641. The smallest absolute Gasteiger partial charge is 0.252 e. The van der Waals surface area contributed by atoms with Crippen LogP contribution in [0.3, 0.4) is 0 Å². The topological polar surface area (TPSA) is 55.1 Å². The fraction of sp³-hybridized carbons (Fsp3) is 0.0833. The van der Waals surface area contributed by atoms with Crippen molar-refractivity contribution >= 4 is 38.9 Å². The lowest BCUT2D eigenvalue weighted by atomic mass is 10.2. The van der Waals surface area contributed by atoms with E-state index in [1.807, 2.05) is 16.8 Å². The van der Waals surface area contributed by atoms with Gasteiger partial charge in [0, 0.05) is 12.2 Å². The van der Waals surface area contributed by atoms with Gasteiger partial charge >= 0.3 is 0 Å². The minimum absolute atomic E-state index is 0.129. The molecule has 0 aliphatic heterocycles. The van der Waals surface area contributed by atoms with E-state index < -0.39 is 0 Å². The van der Waals surface area contributed by atoms with Crippen LogP contribution in [0.4, 0.5) is 5.69 Å². The molecule has 2 rings (SSSR count). The Hall–Kier alpha value is -1.33. The first-order chi connectivity index (χ1) is 8.18. The maximum Gasteiger partial charge on any atom is 0.252 e. The Morgan fingerprint density at radius 2 is 2.24 bits per heavy atom. The number of amides is 1. The molecule has 0 bridgehead atoms. The summed E-state index contributed by atoms with van der Waals surface area (Å²) in [5.74, 6) is -0.129. The third-order valence-corrected chi connectivity index (χ3v) is 3.92. The molecule has 0 fully saturated rings. The highest BCUT2D eigenvalue weighted by Crippen LogP contribution is 2.23. The molecule has 1 aromatic carbocycles. The number of rotatable bonds is 3. The lowest BCUT2D eigenvalue weighted by molar-refractivity contribution is 0.0950. The zero-order valence-electron chi connectivity index (χ0n) is 8.94. The summed E-state index contributed by atoms with van der Waals surface area (Å²) in [6, 6.07) is 7.24. The second-order valence-corrected chi connectivity index (χ2v) is 5.10. The molecule has 0 saturated carbocycles. The number of hydrogen-bond donors (Lipinski definition) is 2. The second kappa shape index (κ2) is 5.33. The third kappa shape index (κ3) is 2.87. The molecule has 1 aromatic heterocycles. The maximum absolute atomic E-state index is 11.9. The molecule has 0 radical (unpaired) electrons. The lowest BCUT2D eigenvalue weighted by Crippen LogP contribution is -2.23. The number of benzene rings is 1. The first kappa shape index (κ1) is 12.1. The monoisotopic (exact) mass is 310 g/mol. The molecule has 1 heterocycles. The Kier molecular flexibility index (Phi) is 3.81. The number of halogens is 1. The van der Waals surface area contributed by atoms with Crippen molar-refractivity contribution < 1.29 is 4.79 Å². The average Bonchev–Trinajstić information content (AvgIpc) is 2.82. The van der Waals surface area contributed by atoms with Gasteiger partial charge in [-0.05, 0) is 50.5 Å². The van der Waals surface area contributed by atoms with Crippen LogP contribution in [0.5, 0.6) is 0 Å². The predicted octanol–water partition coefficient (Wildman–Crippen LogP) is 3.02. The number of nitrogen functional groups attached to an aromatic ring is 1. The molecule has 0 spiro atoms. The van der Waals surface area contributed by atoms with E-state index in [2.05, 4.69) is 21.2 Å². The first-order valence-corrected chi connectivity index (χ1v) is 6.75. The zero-order valence-corrected chi connectivity index (χ0v) is 11.3. The summed E-state index contributed by atoms with van der Waals surface area (Å²) in [7, 11) is 0. The van der Waals surface area contributed by atoms with Crippen LogP contribution in [0.1, 0.15) is 15.9 Å². The third-order valence-electron chi connectivity index (χ3n) is 2.31. The van der Waals surface area contributed by atoms with Gasteiger partial charge in [-0.1, -0.05) is 6.07 Å². The molecule has 0 atom stereocenters. The molecule has 2 aromatic rings.